The fourth-order valence-electron chi connectivity index (χ4n) is 2.90. The van der Waals surface area contributed by atoms with E-state index in [1.54, 1.807) is 0 Å². The molecule has 0 aliphatic heterocycles. The number of halogens is 2. The van der Waals surface area contributed by atoms with E-state index >= 15 is 0 Å². The van der Waals surface area contributed by atoms with Crippen molar-refractivity contribution in [3.05, 3.63) is 33.3 Å². The van der Waals surface area contributed by atoms with Crippen LogP contribution in [0, 0.1) is 0 Å². The predicted octanol–water partition coefficient (Wildman–Crippen LogP) is 4.95. The minimum Gasteiger partial charge on any atom is -0.367 e. The van der Waals surface area contributed by atoms with Crippen molar-refractivity contribution in [2.45, 2.75) is 51.0 Å². The average molecular weight is 360 g/mol. The zero-order valence-electron chi connectivity index (χ0n) is 11.8. The molecule has 0 N–H and O–H groups in total. The van der Waals surface area contributed by atoms with Crippen molar-refractivity contribution in [3.63, 3.8) is 0 Å². The van der Waals surface area contributed by atoms with Gasteiger partial charge in [0.15, 0.2) is 5.78 Å². The third-order valence-electron chi connectivity index (χ3n) is 3.96. The first-order valence-electron chi connectivity index (χ1n) is 7.18. The lowest BCUT2D eigenvalue weighted by molar-refractivity contribution is -0.148. The van der Waals surface area contributed by atoms with Crippen molar-refractivity contribution in [1.82, 2.24) is 0 Å². The van der Waals surface area contributed by atoms with Crippen molar-refractivity contribution in [2.24, 2.45) is 0 Å². The van der Waals surface area contributed by atoms with Gasteiger partial charge in [-0.1, -0.05) is 52.9 Å². The Morgan fingerprint density at radius 3 is 2.65 bits per heavy atom. The van der Waals surface area contributed by atoms with Crippen molar-refractivity contribution in [3.8, 4) is 0 Å². The zero-order valence-corrected chi connectivity index (χ0v) is 14.1. The van der Waals surface area contributed by atoms with Gasteiger partial charge < -0.3 is 4.74 Å². The summed E-state index contributed by atoms with van der Waals surface area (Å²) in [4.78, 5) is 12.7. The summed E-state index contributed by atoms with van der Waals surface area (Å²) >= 11 is 9.59. The molecule has 2 nitrogen and oxygen atoms in total. The molecule has 1 saturated carbocycles. The first-order chi connectivity index (χ1) is 9.57. The Hall–Kier alpha value is -0.380. The van der Waals surface area contributed by atoms with Gasteiger partial charge in [0.2, 0.25) is 0 Å². The number of carbonyl (C=O) groups is 1. The number of carbonyl (C=O) groups excluding carboxylic acids is 1. The lowest BCUT2D eigenvalue weighted by Crippen LogP contribution is -2.44. The molecule has 0 bridgehead atoms. The van der Waals surface area contributed by atoms with Gasteiger partial charge >= 0.3 is 0 Å². The summed E-state index contributed by atoms with van der Waals surface area (Å²) in [5.74, 6) is 0.170. The van der Waals surface area contributed by atoms with Crippen LogP contribution in [-0.2, 0) is 16.0 Å². The maximum absolute atomic E-state index is 12.7. The second kappa shape index (κ2) is 7.06. The number of rotatable bonds is 5. The zero-order chi connectivity index (χ0) is 14.6. The van der Waals surface area contributed by atoms with Gasteiger partial charge in [-0.25, -0.2) is 0 Å². The Morgan fingerprint density at radius 1 is 1.35 bits per heavy atom. The lowest BCUT2D eigenvalue weighted by Gasteiger charge is -2.35. The Kier molecular flexibility index (Phi) is 5.65. The molecule has 0 amide bonds. The molecule has 1 aromatic rings. The van der Waals surface area contributed by atoms with Crippen LogP contribution in [0.25, 0.3) is 0 Å². The molecule has 1 aliphatic rings. The highest BCUT2D eigenvalue weighted by Gasteiger charge is 2.39. The summed E-state index contributed by atoms with van der Waals surface area (Å²) < 4.78 is 6.79. The van der Waals surface area contributed by atoms with Gasteiger partial charge in [-0.3, -0.25) is 4.79 Å². The highest BCUT2D eigenvalue weighted by atomic mass is 79.9. The van der Waals surface area contributed by atoms with Gasteiger partial charge in [-0.15, -0.1) is 0 Å². The first-order valence-corrected chi connectivity index (χ1v) is 8.36. The van der Waals surface area contributed by atoms with Gasteiger partial charge in [0.25, 0.3) is 0 Å². The fourth-order valence-corrected chi connectivity index (χ4v) is 3.64. The molecule has 0 atom stereocenters. The fraction of sp³-hybridized carbons (Fsp3) is 0.562. The molecular formula is C16H20BrClO2. The summed E-state index contributed by atoms with van der Waals surface area (Å²) in [5.41, 5.74) is 0.299. The molecule has 0 spiro atoms. The van der Waals surface area contributed by atoms with E-state index in [9.17, 15) is 4.79 Å². The normalized spacial score (nSPS) is 17.9. The topological polar surface area (TPSA) is 26.3 Å². The van der Waals surface area contributed by atoms with E-state index < -0.39 is 5.60 Å². The van der Waals surface area contributed by atoms with E-state index in [0.717, 1.165) is 35.7 Å². The highest BCUT2D eigenvalue weighted by molar-refractivity contribution is 9.10. The third-order valence-corrected chi connectivity index (χ3v) is 4.80. The summed E-state index contributed by atoms with van der Waals surface area (Å²) in [7, 11) is 0. The van der Waals surface area contributed by atoms with Crippen LogP contribution in [0.1, 0.15) is 44.6 Å². The van der Waals surface area contributed by atoms with Gasteiger partial charge in [-0.2, -0.15) is 0 Å². The van der Waals surface area contributed by atoms with Crippen molar-refractivity contribution in [1.29, 1.82) is 0 Å². The van der Waals surface area contributed by atoms with Gasteiger partial charge in [0.05, 0.1) is 0 Å². The smallest absolute Gasteiger partial charge is 0.169 e. The third kappa shape index (κ3) is 3.63. The second-order valence-corrected chi connectivity index (χ2v) is 6.65. The van der Waals surface area contributed by atoms with Crippen LogP contribution in [0.5, 0.6) is 0 Å². The number of Topliss-reactive ketones (excluding diaryl/α,β-unsaturated/α-hetero) is 1. The number of ketones is 1. The molecule has 4 heteroatoms. The Bertz CT molecular complexity index is 476. The van der Waals surface area contributed by atoms with E-state index in [-0.39, 0.29) is 5.78 Å². The van der Waals surface area contributed by atoms with E-state index in [0.29, 0.717) is 18.1 Å². The molecule has 1 aliphatic carbocycles. The molecule has 1 fully saturated rings. The standard InChI is InChI=1S/C16H20BrClO2/c1-2-20-16(8-4-3-5-9-16)15(19)10-12-6-7-13(17)11-14(12)18/h6-7,11H,2-5,8-10H2,1H3. The molecule has 0 aromatic heterocycles. The molecular weight excluding hydrogens is 340 g/mol. The summed E-state index contributed by atoms with van der Waals surface area (Å²) in [6, 6.07) is 5.66. The number of hydrogen-bond acceptors (Lipinski definition) is 2. The molecule has 20 heavy (non-hydrogen) atoms. The average Bonchev–Trinajstić information content (AvgIpc) is 2.43. The van der Waals surface area contributed by atoms with Gasteiger partial charge in [-0.05, 0) is 37.5 Å². The first kappa shape index (κ1) is 16.0. The maximum Gasteiger partial charge on any atom is 0.169 e. The van der Waals surface area contributed by atoms with Crippen LogP contribution < -0.4 is 0 Å². The summed E-state index contributed by atoms with van der Waals surface area (Å²) in [6.45, 7) is 2.54. The molecule has 0 heterocycles. The largest absolute Gasteiger partial charge is 0.367 e. The summed E-state index contributed by atoms with van der Waals surface area (Å²) in [5, 5.41) is 0.634. The molecule has 0 radical (unpaired) electrons. The van der Waals surface area contributed by atoms with E-state index in [2.05, 4.69) is 15.9 Å². The van der Waals surface area contributed by atoms with Crippen LogP contribution in [0.15, 0.2) is 22.7 Å². The molecule has 0 saturated heterocycles. The molecule has 2 rings (SSSR count). The Labute approximate surface area is 134 Å². The van der Waals surface area contributed by atoms with Crippen molar-refractivity contribution >= 4 is 33.3 Å². The number of hydrogen-bond donors (Lipinski definition) is 0. The van der Waals surface area contributed by atoms with E-state index in [1.165, 1.54) is 6.42 Å². The van der Waals surface area contributed by atoms with Crippen LogP contribution in [-0.4, -0.2) is 18.0 Å². The van der Waals surface area contributed by atoms with Crippen LogP contribution in [0.4, 0.5) is 0 Å². The second-order valence-electron chi connectivity index (χ2n) is 5.32. The van der Waals surface area contributed by atoms with Crippen LogP contribution in [0.2, 0.25) is 5.02 Å². The van der Waals surface area contributed by atoms with E-state index in [4.69, 9.17) is 16.3 Å². The van der Waals surface area contributed by atoms with Crippen LogP contribution >= 0.6 is 27.5 Å². The van der Waals surface area contributed by atoms with Crippen molar-refractivity contribution < 1.29 is 9.53 Å². The maximum atomic E-state index is 12.7. The predicted molar refractivity (Wildman–Crippen MR) is 85.3 cm³/mol. The molecule has 0 unspecified atom stereocenters. The SMILES string of the molecule is CCOC1(C(=O)Cc2ccc(Br)cc2Cl)CCCCC1. The minimum atomic E-state index is -0.580. The van der Waals surface area contributed by atoms with Gasteiger partial charge in [0, 0.05) is 22.5 Å². The number of benzene rings is 1. The lowest BCUT2D eigenvalue weighted by atomic mass is 9.79. The number of ether oxygens (including phenoxy) is 1. The van der Waals surface area contributed by atoms with Gasteiger partial charge in [0.1, 0.15) is 5.60 Å². The van der Waals surface area contributed by atoms with Crippen LogP contribution in [0.3, 0.4) is 0 Å². The Balaban J connectivity index is 2.15. The quantitative estimate of drug-likeness (QED) is 0.743. The molecule has 110 valence electrons. The van der Waals surface area contributed by atoms with Crippen molar-refractivity contribution in [2.75, 3.05) is 6.61 Å². The Morgan fingerprint density at radius 2 is 2.05 bits per heavy atom. The summed E-state index contributed by atoms with van der Waals surface area (Å²) in [6.07, 6.45) is 5.37. The monoisotopic (exact) mass is 358 g/mol. The minimum absolute atomic E-state index is 0.170. The molecule has 1 aromatic carbocycles. The van der Waals surface area contributed by atoms with E-state index in [1.807, 2.05) is 25.1 Å². The highest BCUT2D eigenvalue weighted by Crippen LogP contribution is 2.34.